The van der Waals surface area contributed by atoms with Gasteiger partial charge in [-0.15, -0.1) is 0 Å². The fourth-order valence-corrected chi connectivity index (χ4v) is 2.66. The Morgan fingerprint density at radius 2 is 1.39 bits per heavy atom. The highest BCUT2D eigenvalue weighted by molar-refractivity contribution is 6.22. The SMILES string of the molecule is CC(C)C(C)NC(=O)C(C(C)C)N1C(=O)c2ccccc2C1=O. The van der Waals surface area contributed by atoms with Crippen LogP contribution in [0.4, 0.5) is 0 Å². The molecule has 0 saturated heterocycles. The Kier molecular flexibility index (Phi) is 4.88. The number of amides is 3. The molecule has 0 bridgehead atoms. The molecule has 124 valence electrons. The Balaban J connectivity index is 2.31. The minimum absolute atomic E-state index is 0.0288. The van der Waals surface area contributed by atoms with E-state index in [-0.39, 0.29) is 23.8 Å². The molecule has 0 aromatic heterocycles. The average Bonchev–Trinajstić information content (AvgIpc) is 2.73. The van der Waals surface area contributed by atoms with Crippen LogP contribution in [0.5, 0.6) is 0 Å². The number of hydrogen-bond donors (Lipinski definition) is 1. The molecular formula is C18H24N2O3. The second-order valence-electron chi connectivity index (χ2n) is 6.76. The van der Waals surface area contributed by atoms with Crippen molar-refractivity contribution in [3.05, 3.63) is 35.4 Å². The molecule has 0 spiro atoms. The Morgan fingerprint density at radius 1 is 0.913 bits per heavy atom. The minimum Gasteiger partial charge on any atom is -0.352 e. The van der Waals surface area contributed by atoms with E-state index in [0.717, 1.165) is 4.90 Å². The van der Waals surface area contributed by atoms with Crippen molar-refractivity contribution in [2.24, 2.45) is 11.8 Å². The molecule has 1 aromatic carbocycles. The lowest BCUT2D eigenvalue weighted by molar-refractivity contribution is -0.127. The van der Waals surface area contributed by atoms with Crippen LogP contribution in [0.15, 0.2) is 24.3 Å². The molecular weight excluding hydrogens is 292 g/mol. The Bertz CT molecular complexity index is 602. The number of carbonyl (C=O) groups excluding carboxylic acids is 3. The molecule has 0 radical (unpaired) electrons. The quantitative estimate of drug-likeness (QED) is 0.849. The van der Waals surface area contributed by atoms with Crippen molar-refractivity contribution in [3.8, 4) is 0 Å². The van der Waals surface area contributed by atoms with Gasteiger partial charge < -0.3 is 5.32 Å². The molecule has 2 unspecified atom stereocenters. The molecule has 2 rings (SSSR count). The first-order valence-electron chi connectivity index (χ1n) is 8.03. The van der Waals surface area contributed by atoms with Gasteiger partial charge in [0.15, 0.2) is 0 Å². The summed E-state index contributed by atoms with van der Waals surface area (Å²) < 4.78 is 0. The lowest BCUT2D eigenvalue weighted by Crippen LogP contribution is -2.54. The van der Waals surface area contributed by atoms with E-state index < -0.39 is 17.9 Å². The second-order valence-corrected chi connectivity index (χ2v) is 6.76. The molecule has 1 heterocycles. The number of hydrogen-bond acceptors (Lipinski definition) is 3. The van der Waals surface area contributed by atoms with Crippen molar-refractivity contribution in [1.82, 2.24) is 10.2 Å². The van der Waals surface area contributed by atoms with Gasteiger partial charge >= 0.3 is 0 Å². The van der Waals surface area contributed by atoms with Crippen LogP contribution in [0.1, 0.15) is 55.3 Å². The summed E-state index contributed by atoms with van der Waals surface area (Å²) in [4.78, 5) is 39.0. The number of nitrogens with zero attached hydrogens (tertiary/aromatic N) is 1. The van der Waals surface area contributed by atoms with Gasteiger partial charge in [-0.25, -0.2) is 0 Å². The van der Waals surface area contributed by atoms with E-state index in [9.17, 15) is 14.4 Å². The van der Waals surface area contributed by atoms with E-state index in [4.69, 9.17) is 0 Å². The van der Waals surface area contributed by atoms with Gasteiger partial charge in [0.25, 0.3) is 11.8 Å². The van der Waals surface area contributed by atoms with Crippen molar-refractivity contribution in [3.63, 3.8) is 0 Å². The predicted octanol–water partition coefficient (Wildman–Crippen LogP) is 2.47. The number of nitrogens with one attached hydrogen (secondary N) is 1. The van der Waals surface area contributed by atoms with Gasteiger partial charge in [-0.2, -0.15) is 0 Å². The summed E-state index contributed by atoms with van der Waals surface area (Å²) in [6.45, 7) is 9.62. The minimum atomic E-state index is -0.802. The predicted molar refractivity (Wildman–Crippen MR) is 88.0 cm³/mol. The maximum Gasteiger partial charge on any atom is 0.262 e. The third kappa shape index (κ3) is 3.14. The van der Waals surface area contributed by atoms with Crippen LogP contribution in [0.3, 0.4) is 0 Å². The van der Waals surface area contributed by atoms with Crippen molar-refractivity contribution in [1.29, 1.82) is 0 Å². The number of fused-ring (bicyclic) bond motifs is 1. The average molecular weight is 316 g/mol. The van der Waals surface area contributed by atoms with Gasteiger partial charge in [0.2, 0.25) is 5.91 Å². The van der Waals surface area contributed by atoms with Crippen LogP contribution >= 0.6 is 0 Å². The third-order valence-corrected chi connectivity index (χ3v) is 4.37. The van der Waals surface area contributed by atoms with Gasteiger partial charge in [0, 0.05) is 6.04 Å². The zero-order valence-electron chi connectivity index (χ0n) is 14.3. The van der Waals surface area contributed by atoms with Crippen LogP contribution in [0.2, 0.25) is 0 Å². The van der Waals surface area contributed by atoms with Gasteiger partial charge in [0.05, 0.1) is 11.1 Å². The Hall–Kier alpha value is -2.17. The first-order valence-corrected chi connectivity index (χ1v) is 8.03. The molecule has 23 heavy (non-hydrogen) atoms. The molecule has 0 saturated carbocycles. The standard InChI is InChI=1S/C18H24N2O3/c1-10(2)12(5)19-16(21)15(11(3)4)20-17(22)13-8-6-7-9-14(13)18(20)23/h6-12,15H,1-5H3,(H,19,21). The van der Waals surface area contributed by atoms with Gasteiger partial charge in [-0.1, -0.05) is 39.8 Å². The smallest absolute Gasteiger partial charge is 0.262 e. The second kappa shape index (κ2) is 6.52. The van der Waals surface area contributed by atoms with Crippen LogP contribution in [0.25, 0.3) is 0 Å². The van der Waals surface area contributed by atoms with E-state index in [2.05, 4.69) is 5.32 Å². The molecule has 2 atom stereocenters. The summed E-state index contributed by atoms with van der Waals surface area (Å²) in [5, 5.41) is 2.92. The topological polar surface area (TPSA) is 66.5 Å². The van der Waals surface area contributed by atoms with E-state index >= 15 is 0 Å². The molecule has 5 heteroatoms. The molecule has 1 aliphatic rings. The largest absolute Gasteiger partial charge is 0.352 e. The Morgan fingerprint density at radius 3 is 1.78 bits per heavy atom. The van der Waals surface area contributed by atoms with Gasteiger partial charge in [0.1, 0.15) is 6.04 Å². The fourth-order valence-electron chi connectivity index (χ4n) is 2.66. The summed E-state index contributed by atoms with van der Waals surface area (Å²) in [5.41, 5.74) is 0.737. The number of rotatable bonds is 5. The number of benzene rings is 1. The first kappa shape index (κ1) is 17.2. The normalized spacial score (nSPS) is 16.7. The Labute approximate surface area is 137 Å². The summed E-state index contributed by atoms with van der Waals surface area (Å²) in [5.74, 6) is -0.963. The molecule has 3 amide bonds. The summed E-state index contributed by atoms with van der Waals surface area (Å²) >= 11 is 0. The van der Waals surface area contributed by atoms with Crippen molar-refractivity contribution in [2.45, 2.75) is 46.7 Å². The summed E-state index contributed by atoms with van der Waals surface area (Å²) in [6, 6.07) is 5.86. The van der Waals surface area contributed by atoms with E-state index in [1.807, 2.05) is 34.6 Å². The molecule has 5 nitrogen and oxygen atoms in total. The van der Waals surface area contributed by atoms with E-state index in [1.54, 1.807) is 24.3 Å². The summed E-state index contributed by atoms with van der Waals surface area (Å²) in [6.07, 6.45) is 0. The fraction of sp³-hybridized carbons (Fsp3) is 0.500. The van der Waals surface area contributed by atoms with E-state index in [0.29, 0.717) is 11.1 Å². The van der Waals surface area contributed by atoms with Crippen LogP contribution in [-0.4, -0.2) is 34.7 Å². The van der Waals surface area contributed by atoms with Crippen molar-refractivity contribution in [2.75, 3.05) is 0 Å². The van der Waals surface area contributed by atoms with Gasteiger partial charge in [-0.3, -0.25) is 19.3 Å². The lowest BCUT2D eigenvalue weighted by Gasteiger charge is -2.30. The molecule has 1 N–H and O–H groups in total. The first-order chi connectivity index (χ1) is 10.8. The highest BCUT2D eigenvalue weighted by atomic mass is 16.2. The van der Waals surface area contributed by atoms with Crippen LogP contribution in [0, 0.1) is 11.8 Å². The number of imide groups is 1. The lowest BCUT2D eigenvalue weighted by atomic mass is 9.99. The highest BCUT2D eigenvalue weighted by Crippen LogP contribution is 2.27. The molecule has 1 aromatic rings. The van der Waals surface area contributed by atoms with Crippen LogP contribution < -0.4 is 5.32 Å². The van der Waals surface area contributed by atoms with Gasteiger partial charge in [-0.05, 0) is 30.9 Å². The summed E-state index contributed by atoms with van der Waals surface area (Å²) in [7, 11) is 0. The van der Waals surface area contributed by atoms with E-state index in [1.165, 1.54) is 0 Å². The highest BCUT2D eigenvalue weighted by Gasteiger charge is 2.44. The number of carbonyl (C=O) groups is 3. The maximum absolute atomic E-state index is 12.7. The van der Waals surface area contributed by atoms with Crippen molar-refractivity contribution < 1.29 is 14.4 Å². The zero-order valence-corrected chi connectivity index (χ0v) is 14.3. The monoisotopic (exact) mass is 316 g/mol. The molecule has 1 aliphatic heterocycles. The van der Waals surface area contributed by atoms with Crippen molar-refractivity contribution >= 4 is 17.7 Å². The molecule has 0 fully saturated rings. The van der Waals surface area contributed by atoms with Crippen LogP contribution in [-0.2, 0) is 4.79 Å². The zero-order chi connectivity index (χ0) is 17.3. The maximum atomic E-state index is 12.7. The molecule has 0 aliphatic carbocycles. The third-order valence-electron chi connectivity index (χ3n) is 4.37.